The predicted octanol–water partition coefficient (Wildman–Crippen LogP) is 16.3. The van der Waals surface area contributed by atoms with Crippen molar-refractivity contribution in [3.05, 3.63) is 228 Å². The van der Waals surface area contributed by atoms with E-state index in [0.29, 0.717) is 0 Å². The van der Waals surface area contributed by atoms with E-state index < -0.39 is 325 Å². The Bertz CT molecular complexity index is 5960. The fraction of sp³-hybridized carbons (Fsp3) is 0.0164. The molecule has 0 heterocycles. The molecule has 15 rings (SSSR count). The van der Waals surface area contributed by atoms with Crippen LogP contribution in [0.5, 0.6) is 0 Å². The molecule has 0 N–H and O–H groups in total. The molecule has 0 fully saturated rings. The largest absolute Gasteiger partial charge is 0.0731 e. The average Bonchev–Trinajstić information content (AvgIpc) is 1.46. The van der Waals surface area contributed by atoms with Gasteiger partial charge in [0.1, 0.15) is 0 Å². The quantitative estimate of drug-likeness (QED) is 0.153. The number of hydrogen-bond acceptors (Lipinski definition) is 0. The molecular weight excluding hydrogens is 733 g/mol. The van der Waals surface area contributed by atoms with Crippen molar-refractivity contribution in [1.29, 1.82) is 0 Å². The van der Waals surface area contributed by atoms with Gasteiger partial charge in [0, 0.05) is 0 Å². The van der Waals surface area contributed by atoms with E-state index in [1.165, 1.54) is 0 Å². The van der Waals surface area contributed by atoms with Gasteiger partial charge in [0.25, 0.3) is 0 Å². The van der Waals surface area contributed by atoms with E-state index in [2.05, 4.69) is 0 Å². The van der Waals surface area contributed by atoms with Crippen LogP contribution >= 0.6 is 0 Å². The molecule has 0 nitrogen and oxygen atoms in total. The lowest BCUT2D eigenvalue weighted by molar-refractivity contribution is 0.801. The summed E-state index contributed by atoms with van der Waals surface area (Å²) >= 11 is 0. The van der Waals surface area contributed by atoms with Crippen molar-refractivity contribution in [2.24, 2.45) is 0 Å². The van der Waals surface area contributed by atoms with E-state index in [1.807, 2.05) is 0 Å². The Kier molecular flexibility index (Phi) is 2.67. The zero-order valence-corrected chi connectivity index (χ0v) is 30.6. The Morgan fingerprint density at radius 3 is 1.41 bits per heavy atom. The first-order chi connectivity index (χ1) is 44.0. The first-order valence-electron chi connectivity index (χ1n) is 35.3. The van der Waals surface area contributed by atoms with Gasteiger partial charge in [-0.15, -0.1) is 0 Å². The molecule has 0 amide bonds. The van der Waals surface area contributed by atoms with Crippen LogP contribution in [0.25, 0.3) is 120 Å². The molecule has 1 atom stereocenters. The molecular formula is C61H34. The van der Waals surface area contributed by atoms with Crippen LogP contribution in [0, 0.1) is 0 Å². The van der Waals surface area contributed by atoms with Crippen LogP contribution in [0.1, 0.15) is 67.5 Å². The molecule has 0 radical (unpaired) electrons. The number of fused-ring (bicyclic) bond motifs is 12. The van der Waals surface area contributed by atoms with E-state index in [4.69, 9.17) is 15.1 Å². The van der Waals surface area contributed by atoms with E-state index in [9.17, 15) is 30.2 Å². The summed E-state index contributed by atoms with van der Waals surface area (Å²) in [5.41, 5.74) is -11.0. The van der Waals surface area contributed by atoms with Gasteiger partial charge in [-0.1, -0.05) is 193 Å². The third-order valence-corrected chi connectivity index (χ3v) is 12.0. The summed E-state index contributed by atoms with van der Waals surface area (Å²) in [5, 5.41) is -6.92. The third-order valence-electron chi connectivity index (χ3n) is 12.0. The zero-order chi connectivity index (χ0) is 68.3. The Hall–Kier alpha value is -7.80. The van der Waals surface area contributed by atoms with Gasteiger partial charge in [-0.3, -0.25) is 0 Å². The molecule has 0 aliphatic heterocycles. The van der Waals surface area contributed by atoms with Crippen LogP contribution in [0.15, 0.2) is 205 Å². The van der Waals surface area contributed by atoms with Gasteiger partial charge in [-0.05, 0) is 154 Å². The summed E-state index contributed by atoms with van der Waals surface area (Å²) < 4.78 is 313. The Morgan fingerprint density at radius 2 is 0.738 bits per heavy atom. The normalized spacial score (nSPS) is 22.9. The molecule has 0 aromatic heterocycles. The molecule has 0 saturated heterocycles. The summed E-state index contributed by atoms with van der Waals surface area (Å²) in [6.07, 6.45) is 0. The maximum atomic E-state index is 10.8. The van der Waals surface area contributed by atoms with Crippen molar-refractivity contribution in [2.75, 3.05) is 0 Å². The van der Waals surface area contributed by atoms with E-state index in [-0.39, 0.29) is 21.5 Å². The fourth-order valence-electron chi connectivity index (χ4n) is 9.59. The summed E-state index contributed by atoms with van der Waals surface area (Å²) in [6, 6.07) is -28.3. The first kappa shape index (κ1) is 14.4. The molecule has 0 heteroatoms. The summed E-state index contributed by atoms with van der Waals surface area (Å²) in [7, 11) is 0. The minimum Gasteiger partial charge on any atom is -0.0619 e. The van der Waals surface area contributed by atoms with Crippen LogP contribution in [0.4, 0.5) is 0 Å². The highest BCUT2D eigenvalue weighted by Crippen LogP contribution is 2.64. The highest BCUT2D eigenvalue weighted by molar-refractivity contribution is 6.27. The molecule has 0 saturated carbocycles. The van der Waals surface area contributed by atoms with Crippen molar-refractivity contribution >= 4 is 75.4 Å². The lowest BCUT2D eigenvalue weighted by atomic mass is 9.69. The maximum absolute atomic E-state index is 10.8. The number of benzene rings is 13. The first-order valence-corrected chi connectivity index (χ1v) is 18.8. The van der Waals surface area contributed by atoms with Crippen molar-refractivity contribution in [1.82, 2.24) is 0 Å². The second-order valence-corrected chi connectivity index (χ2v) is 14.8. The molecule has 1 unspecified atom stereocenters. The molecule has 61 heavy (non-hydrogen) atoms. The van der Waals surface area contributed by atoms with Crippen LogP contribution < -0.4 is 0 Å². The number of hydrogen-bond donors (Lipinski definition) is 0. The Morgan fingerprint density at radius 1 is 0.279 bits per heavy atom. The smallest absolute Gasteiger partial charge is 0.0619 e. The summed E-state index contributed by atoms with van der Waals surface area (Å²) in [4.78, 5) is 0. The highest BCUT2D eigenvalue weighted by Gasteiger charge is 2.52. The molecule has 13 aromatic carbocycles. The minimum absolute atomic E-state index is 0.315. The van der Waals surface area contributed by atoms with E-state index in [0.717, 1.165) is 6.07 Å². The second-order valence-electron chi connectivity index (χ2n) is 14.8. The molecule has 0 bridgehead atoms. The van der Waals surface area contributed by atoms with Crippen molar-refractivity contribution in [3.8, 4) is 44.5 Å². The van der Waals surface area contributed by atoms with Crippen molar-refractivity contribution in [2.45, 2.75) is 5.41 Å². The van der Waals surface area contributed by atoms with Crippen LogP contribution in [-0.2, 0) is 5.41 Å². The molecule has 1 spiro atoms. The van der Waals surface area contributed by atoms with Crippen molar-refractivity contribution < 1.29 is 45.2 Å². The average molecular weight is 800 g/mol. The van der Waals surface area contributed by atoms with Gasteiger partial charge >= 0.3 is 0 Å². The number of rotatable bonds is 2. The van der Waals surface area contributed by atoms with Gasteiger partial charge < -0.3 is 0 Å². The lowest BCUT2D eigenvalue weighted by Crippen LogP contribution is -2.26. The lowest BCUT2D eigenvalue weighted by Gasteiger charge is -2.32. The minimum atomic E-state index is -2.91. The van der Waals surface area contributed by atoms with Gasteiger partial charge in [0.2, 0.25) is 0 Å². The fourth-order valence-corrected chi connectivity index (χ4v) is 9.59. The standard InChI is InChI=1S/C61H34/c1-3-13-53-47(11-1)48-12-2-4-14-54(48)61(53)55-34-43(45-27-20-40-18-16-36-8-6-10-38-22-31-51(45)59(40)57(36)38)24-29-49(55)52-32-25-42-33-41(23-28-46(42)60(52)61)44-26-19-39-17-15-35-7-5-9-37-21-30-50(44)58(39)56(35)37/h1-34H/i1D,2D,3D,4D,5D,6D,7D,8D,9D,10D,11D,12D,13D,15D,16D,17D,18D,19D,20D,21D,22D,23D,24D,25D,26D,27D,28D,29D,30D,31D,32D,33D,34D. The molecule has 2 aliphatic rings. The summed E-state index contributed by atoms with van der Waals surface area (Å²) in [5.74, 6) is 0. The Labute approximate surface area is 398 Å². The molecule has 278 valence electrons. The van der Waals surface area contributed by atoms with Crippen LogP contribution in [0.3, 0.4) is 0 Å². The van der Waals surface area contributed by atoms with Crippen LogP contribution in [-0.4, -0.2) is 0 Å². The van der Waals surface area contributed by atoms with Gasteiger partial charge in [-0.25, -0.2) is 0 Å². The van der Waals surface area contributed by atoms with E-state index in [1.54, 1.807) is 0 Å². The topological polar surface area (TPSA) is 0 Å². The third kappa shape index (κ3) is 3.92. The second kappa shape index (κ2) is 11.3. The van der Waals surface area contributed by atoms with E-state index >= 15 is 0 Å². The molecule has 13 aromatic rings. The monoisotopic (exact) mass is 799 g/mol. The Balaban J connectivity index is 1.18. The van der Waals surface area contributed by atoms with Crippen LogP contribution in [0.2, 0.25) is 0 Å². The summed E-state index contributed by atoms with van der Waals surface area (Å²) in [6.45, 7) is 0. The van der Waals surface area contributed by atoms with Gasteiger partial charge in [-0.2, -0.15) is 0 Å². The highest BCUT2D eigenvalue weighted by atomic mass is 14.5. The molecule has 2 aliphatic carbocycles. The maximum Gasteiger partial charge on any atom is 0.0731 e. The zero-order valence-electron chi connectivity index (χ0n) is 63.6. The predicted molar refractivity (Wildman–Crippen MR) is 259 cm³/mol. The van der Waals surface area contributed by atoms with Gasteiger partial charge in [0.05, 0.1) is 50.7 Å². The van der Waals surface area contributed by atoms with Crippen molar-refractivity contribution in [3.63, 3.8) is 0 Å². The SMILES string of the molecule is [2H]c1cc2c(c([2H])c1[2H])-c1c([2H])c([2H])c([2H])c([2H])c1C21c2c([2H])c(-c3c([2H])c([2H])c4c([2H])c([2H])c5c([2H])c([2H])c([2H])c6c([2H])c([2H])c3c4c56)c([2H])c([2H])c2-c2c([2H])c([2H])c3c([2H])c(-c4c([2H])c([2H])c5c([2H])c([2H])c6c([2H])c([2H])c([2H])c7c([2H])c([2H])c4c5c67)c([2H])c([2H])c3c21. The van der Waals surface area contributed by atoms with Gasteiger partial charge in [0.15, 0.2) is 0 Å².